The van der Waals surface area contributed by atoms with Crippen LogP contribution in [0.1, 0.15) is 0 Å². The molecule has 3 aromatic rings. The molecule has 1 aromatic carbocycles. The summed E-state index contributed by atoms with van der Waals surface area (Å²) in [5.74, 6) is 0.928. The van der Waals surface area contributed by atoms with Crippen LogP contribution in [0.5, 0.6) is 0 Å². The zero-order valence-corrected chi connectivity index (χ0v) is 9.03. The molecular formula is C11H9N3S. The van der Waals surface area contributed by atoms with Crippen molar-refractivity contribution in [3.8, 4) is 11.5 Å². The predicted molar refractivity (Wildman–Crippen MR) is 61.8 cm³/mol. The fourth-order valence-corrected chi connectivity index (χ4v) is 2.23. The number of fused-ring (bicyclic) bond motifs is 1. The van der Waals surface area contributed by atoms with E-state index in [1.165, 1.54) is 0 Å². The Hall–Kier alpha value is -1.68. The van der Waals surface area contributed by atoms with Gasteiger partial charge in [0.15, 0.2) is 5.82 Å². The molecule has 2 heterocycles. The quantitative estimate of drug-likeness (QED) is 0.625. The molecule has 15 heavy (non-hydrogen) atoms. The molecule has 3 nitrogen and oxygen atoms in total. The molecule has 0 unspecified atom stereocenters. The Labute approximate surface area is 91.0 Å². The first kappa shape index (κ1) is 8.61. The van der Waals surface area contributed by atoms with Crippen LogP contribution in [0.3, 0.4) is 0 Å². The van der Waals surface area contributed by atoms with Gasteiger partial charge in [-0.05, 0) is 12.1 Å². The van der Waals surface area contributed by atoms with E-state index in [4.69, 9.17) is 0 Å². The Morgan fingerprint density at radius 3 is 2.87 bits per heavy atom. The number of aromatic nitrogens is 3. The first-order valence-electron chi connectivity index (χ1n) is 4.66. The van der Waals surface area contributed by atoms with Crippen LogP contribution in [0.25, 0.3) is 22.6 Å². The molecule has 74 valence electrons. The van der Waals surface area contributed by atoms with Crippen LogP contribution in [-0.4, -0.2) is 14.5 Å². The molecule has 0 aliphatic heterocycles. The molecule has 0 amide bonds. The molecule has 0 bridgehead atoms. The molecule has 0 spiro atoms. The molecule has 0 aliphatic carbocycles. The molecule has 3 rings (SSSR count). The molecule has 0 saturated carbocycles. The number of aryl methyl sites for hydroxylation is 1. The van der Waals surface area contributed by atoms with E-state index < -0.39 is 0 Å². The first-order valence-corrected chi connectivity index (χ1v) is 5.60. The smallest absolute Gasteiger partial charge is 0.160 e. The molecule has 2 aromatic heterocycles. The predicted octanol–water partition coefficient (Wildman–Crippen LogP) is 2.70. The SMILES string of the molecule is Cn1c(-c2cscn2)nc2ccccc21. The van der Waals surface area contributed by atoms with Crippen molar-refractivity contribution in [2.45, 2.75) is 0 Å². The highest BCUT2D eigenvalue weighted by Gasteiger charge is 2.09. The van der Waals surface area contributed by atoms with Crippen LogP contribution in [0, 0.1) is 0 Å². The maximum Gasteiger partial charge on any atom is 0.160 e. The fraction of sp³-hybridized carbons (Fsp3) is 0.0909. The van der Waals surface area contributed by atoms with Gasteiger partial charge in [0.2, 0.25) is 0 Å². The second-order valence-corrected chi connectivity index (χ2v) is 4.08. The van der Waals surface area contributed by atoms with Crippen molar-refractivity contribution in [2.24, 2.45) is 7.05 Å². The highest BCUT2D eigenvalue weighted by molar-refractivity contribution is 7.07. The van der Waals surface area contributed by atoms with E-state index in [1.54, 1.807) is 11.3 Å². The minimum absolute atomic E-state index is 0.928. The third kappa shape index (κ3) is 1.26. The zero-order chi connectivity index (χ0) is 10.3. The monoisotopic (exact) mass is 215 g/mol. The van der Waals surface area contributed by atoms with E-state index >= 15 is 0 Å². The maximum atomic E-state index is 4.56. The van der Waals surface area contributed by atoms with Gasteiger partial charge in [-0.2, -0.15) is 0 Å². The summed E-state index contributed by atoms with van der Waals surface area (Å²) >= 11 is 1.59. The van der Waals surface area contributed by atoms with Crippen LogP contribution in [0.4, 0.5) is 0 Å². The summed E-state index contributed by atoms with van der Waals surface area (Å²) in [7, 11) is 2.02. The molecule has 4 heteroatoms. The van der Waals surface area contributed by atoms with Gasteiger partial charge in [0.1, 0.15) is 5.69 Å². The summed E-state index contributed by atoms with van der Waals surface area (Å²) in [5.41, 5.74) is 4.93. The van der Waals surface area contributed by atoms with Crippen LogP contribution in [0.15, 0.2) is 35.2 Å². The lowest BCUT2D eigenvalue weighted by molar-refractivity contribution is 0.953. The molecule has 0 radical (unpaired) electrons. The van der Waals surface area contributed by atoms with Crippen molar-refractivity contribution in [2.75, 3.05) is 0 Å². The van der Waals surface area contributed by atoms with E-state index in [2.05, 4.69) is 20.6 Å². The van der Waals surface area contributed by atoms with Crippen LogP contribution in [-0.2, 0) is 7.05 Å². The van der Waals surface area contributed by atoms with Gasteiger partial charge in [-0.15, -0.1) is 11.3 Å². The summed E-state index contributed by atoms with van der Waals surface area (Å²) in [5, 5.41) is 2.02. The third-order valence-corrected chi connectivity index (χ3v) is 3.04. The number of imidazole rings is 1. The van der Waals surface area contributed by atoms with Gasteiger partial charge >= 0.3 is 0 Å². The number of para-hydroxylation sites is 2. The standard InChI is InChI=1S/C11H9N3S/c1-14-10-5-3-2-4-8(10)13-11(14)9-6-15-7-12-9/h2-7H,1H3. The first-order chi connectivity index (χ1) is 7.36. The summed E-state index contributed by atoms with van der Waals surface area (Å²) in [6, 6.07) is 8.11. The van der Waals surface area contributed by atoms with E-state index in [9.17, 15) is 0 Å². The summed E-state index contributed by atoms with van der Waals surface area (Å²) < 4.78 is 2.07. The van der Waals surface area contributed by atoms with Crippen molar-refractivity contribution in [1.82, 2.24) is 14.5 Å². The average Bonchev–Trinajstić information content (AvgIpc) is 2.87. The Morgan fingerprint density at radius 1 is 1.27 bits per heavy atom. The van der Waals surface area contributed by atoms with E-state index in [1.807, 2.05) is 36.1 Å². The largest absolute Gasteiger partial charge is 0.326 e. The molecule has 0 N–H and O–H groups in total. The highest BCUT2D eigenvalue weighted by atomic mass is 32.1. The van der Waals surface area contributed by atoms with Gasteiger partial charge in [-0.25, -0.2) is 9.97 Å². The minimum Gasteiger partial charge on any atom is -0.326 e. The summed E-state index contributed by atoms with van der Waals surface area (Å²) in [6.45, 7) is 0. The van der Waals surface area contributed by atoms with Crippen molar-refractivity contribution in [1.29, 1.82) is 0 Å². The van der Waals surface area contributed by atoms with E-state index in [0.717, 1.165) is 22.6 Å². The third-order valence-electron chi connectivity index (χ3n) is 2.45. The average molecular weight is 215 g/mol. The topological polar surface area (TPSA) is 30.7 Å². The lowest BCUT2D eigenvalue weighted by atomic mass is 10.3. The molecular weight excluding hydrogens is 206 g/mol. The lowest BCUT2D eigenvalue weighted by Crippen LogP contribution is -1.91. The van der Waals surface area contributed by atoms with Gasteiger partial charge < -0.3 is 4.57 Å². The van der Waals surface area contributed by atoms with Gasteiger partial charge in [-0.1, -0.05) is 12.1 Å². The Kier molecular flexibility index (Phi) is 1.82. The maximum absolute atomic E-state index is 4.56. The number of nitrogens with zero attached hydrogens (tertiary/aromatic N) is 3. The van der Waals surface area contributed by atoms with Crippen molar-refractivity contribution in [3.63, 3.8) is 0 Å². The second-order valence-electron chi connectivity index (χ2n) is 3.36. The van der Waals surface area contributed by atoms with Crippen molar-refractivity contribution < 1.29 is 0 Å². The summed E-state index contributed by atoms with van der Waals surface area (Å²) in [4.78, 5) is 8.84. The van der Waals surface area contributed by atoms with Gasteiger partial charge in [0.05, 0.1) is 16.5 Å². The molecule has 0 atom stereocenters. The number of hydrogen-bond acceptors (Lipinski definition) is 3. The molecule has 0 saturated heterocycles. The Balaban J connectivity index is 2.33. The van der Waals surface area contributed by atoms with Gasteiger partial charge in [0, 0.05) is 12.4 Å². The normalized spacial score (nSPS) is 11.0. The zero-order valence-electron chi connectivity index (χ0n) is 8.21. The number of thiazole rings is 1. The van der Waals surface area contributed by atoms with Gasteiger partial charge in [-0.3, -0.25) is 0 Å². The van der Waals surface area contributed by atoms with E-state index in [-0.39, 0.29) is 0 Å². The van der Waals surface area contributed by atoms with Crippen LogP contribution >= 0.6 is 11.3 Å². The Morgan fingerprint density at radius 2 is 2.13 bits per heavy atom. The molecule has 0 aliphatic rings. The minimum atomic E-state index is 0.928. The van der Waals surface area contributed by atoms with Crippen LogP contribution in [0.2, 0.25) is 0 Å². The number of benzene rings is 1. The van der Waals surface area contributed by atoms with Gasteiger partial charge in [0.25, 0.3) is 0 Å². The van der Waals surface area contributed by atoms with E-state index in [0.29, 0.717) is 0 Å². The number of hydrogen-bond donors (Lipinski definition) is 0. The number of rotatable bonds is 1. The lowest BCUT2D eigenvalue weighted by Gasteiger charge is -1.97. The second kappa shape index (κ2) is 3.17. The molecule has 0 fully saturated rings. The Bertz CT molecular complexity index is 595. The van der Waals surface area contributed by atoms with Crippen LogP contribution < -0.4 is 0 Å². The highest BCUT2D eigenvalue weighted by Crippen LogP contribution is 2.22. The summed E-state index contributed by atoms with van der Waals surface area (Å²) in [6.07, 6.45) is 0. The van der Waals surface area contributed by atoms with Crippen molar-refractivity contribution in [3.05, 3.63) is 35.2 Å². The van der Waals surface area contributed by atoms with Crippen molar-refractivity contribution >= 4 is 22.4 Å². The fourth-order valence-electron chi connectivity index (χ4n) is 1.70.